The SMILES string of the molecule is CCNC(=NCC(C)N1CCOCC1)NCC1CCCN1C. The van der Waals surface area contributed by atoms with E-state index in [0.717, 1.165) is 51.9 Å². The number of hydrogen-bond acceptors (Lipinski definition) is 4. The summed E-state index contributed by atoms with van der Waals surface area (Å²) in [7, 11) is 2.21. The normalized spacial score (nSPS) is 26.1. The average Bonchev–Trinajstić information content (AvgIpc) is 2.96. The van der Waals surface area contributed by atoms with Crippen LogP contribution in [0.1, 0.15) is 26.7 Å². The first-order chi connectivity index (χ1) is 10.7. The number of likely N-dealkylation sites (tertiary alicyclic amines) is 1. The molecule has 2 fully saturated rings. The van der Waals surface area contributed by atoms with Crippen molar-refractivity contribution in [2.45, 2.75) is 38.8 Å². The van der Waals surface area contributed by atoms with Crippen LogP contribution in [0.2, 0.25) is 0 Å². The lowest BCUT2D eigenvalue weighted by Crippen LogP contribution is -2.46. The van der Waals surface area contributed by atoms with Crippen molar-refractivity contribution >= 4 is 5.96 Å². The Bertz CT molecular complexity index is 343. The Labute approximate surface area is 135 Å². The van der Waals surface area contributed by atoms with E-state index in [1.54, 1.807) is 0 Å². The van der Waals surface area contributed by atoms with Gasteiger partial charge >= 0.3 is 0 Å². The summed E-state index contributed by atoms with van der Waals surface area (Å²) in [5.74, 6) is 0.947. The molecule has 2 N–H and O–H groups in total. The number of hydrogen-bond donors (Lipinski definition) is 2. The zero-order chi connectivity index (χ0) is 15.8. The van der Waals surface area contributed by atoms with Crippen LogP contribution < -0.4 is 10.6 Å². The van der Waals surface area contributed by atoms with Gasteiger partial charge in [0.1, 0.15) is 0 Å². The van der Waals surface area contributed by atoms with E-state index >= 15 is 0 Å². The minimum atomic E-state index is 0.466. The number of nitrogens with one attached hydrogen (secondary N) is 2. The van der Waals surface area contributed by atoms with E-state index < -0.39 is 0 Å². The first-order valence-electron chi connectivity index (χ1n) is 8.75. The molecule has 2 heterocycles. The number of ether oxygens (including phenoxy) is 1. The zero-order valence-corrected chi connectivity index (χ0v) is 14.5. The van der Waals surface area contributed by atoms with Gasteiger partial charge in [0.25, 0.3) is 0 Å². The van der Waals surface area contributed by atoms with Gasteiger partial charge < -0.3 is 20.3 Å². The first kappa shape index (κ1) is 17.5. The third kappa shape index (κ3) is 5.41. The molecule has 0 aromatic rings. The van der Waals surface area contributed by atoms with Gasteiger partial charge in [-0.2, -0.15) is 0 Å². The highest BCUT2D eigenvalue weighted by Gasteiger charge is 2.21. The molecule has 6 heteroatoms. The summed E-state index contributed by atoms with van der Waals surface area (Å²) < 4.78 is 5.41. The Morgan fingerprint density at radius 2 is 2.05 bits per heavy atom. The van der Waals surface area contributed by atoms with E-state index in [1.165, 1.54) is 19.4 Å². The number of rotatable bonds is 6. The second-order valence-corrected chi connectivity index (χ2v) is 6.37. The third-order valence-electron chi connectivity index (χ3n) is 4.70. The van der Waals surface area contributed by atoms with Crippen LogP contribution >= 0.6 is 0 Å². The van der Waals surface area contributed by atoms with Crippen LogP contribution in [0.3, 0.4) is 0 Å². The summed E-state index contributed by atoms with van der Waals surface area (Å²) >= 11 is 0. The van der Waals surface area contributed by atoms with Gasteiger partial charge in [0.05, 0.1) is 19.8 Å². The molecule has 0 amide bonds. The lowest BCUT2D eigenvalue weighted by atomic mass is 10.2. The summed E-state index contributed by atoms with van der Waals surface area (Å²) in [6.45, 7) is 12.0. The number of morpholine rings is 1. The number of guanidine groups is 1. The summed E-state index contributed by atoms with van der Waals surface area (Å²) in [4.78, 5) is 9.67. The minimum Gasteiger partial charge on any atom is -0.379 e. The molecule has 22 heavy (non-hydrogen) atoms. The van der Waals surface area contributed by atoms with Gasteiger partial charge in [-0.25, -0.2) is 0 Å². The number of aliphatic imine (C=N–C) groups is 1. The van der Waals surface area contributed by atoms with Gasteiger partial charge in [-0.1, -0.05) is 0 Å². The summed E-state index contributed by atoms with van der Waals surface area (Å²) in [6, 6.07) is 1.11. The van der Waals surface area contributed by atoms with Crippen molar-refractivity contribution in [1.82, 2.24) is 20.4 Å². The van der Waals surface area contributed by atoms with Crippen molar-refractivity contribution in [1.29, 1.82) is 0 Å². The predicted molar refractivity (Wildman–Crippen MR) is 91.5 cm³/mol. The topological polar surface area (TPSA) is 52.1 Å². The molecule has 2 saturated heterocycles. The molecule has 0 radical (unpaired) electrons. The fourth-order valence-electron chi connectivity index (χ4n) is 3.15. The molecule has 2 aliphatic heterocycles. The molecule has 0 bridgehead atoms. The summed E-state index contributed by atoms with van der Waals surface area (Å²) in [6.07, 6.45) is 2.59. The Hall–Kier alpha value is -0.850. The minimum absolute atomic E-state index is 0.466. The monoisotopic (exact) mass is 311 g/mol. The van der Waals surface area contributed by atoms with Gasteiger partial charge in [0, 0.05) is 38.3 Å². The fraction of sp³-hybridized carbons (Fsp3) is 0.938. The average molecular weight is 311 g/mol. The molecule has 2 atom stereocenters. The van der Waals surface area contributed by atoms with E-state index in [4.69, 9.17) is 9.73 Å². The molecule has 128 valence electrons. The third-order valence-corrected chi connectivity index (χ3v) is 4.70. The highest BCUT2D eigenvalue weighted by Crippen LogP contribution is 2.13. The lowest BCUT2D eigenvalue weighted by molar-refractivity contribution is 0.0220. The second-order valence-electron chi connectivity index (χ2n) is 6.37. The highest BCUT2D eigenvalue weighted by atomic mass is 16.5. The van der Waals surface area contributed by atoms with Crippen LogP contribution in [0, 0.1) is 0 Å². The van der Waals surface area contributed by atoms with Crippen molar-refractivity contribution in [3.05, 3.63) is 0 Å². The maximum absolute atomic E-state index is 5.41. The van der Waals surface area contributed by atoms with Crippen molar-refractivity contribution < 1.29 is 4.74 Å². The van der Waals surface area contributed by atoms with E-state index in [2.05, 4.69) is 41.3 Å². The molecular formula is C16H33N5O. The van der Waals surface area contributed by atoms with Gasteiger partial charge in [0.15, 0.2) is 5.96 Å². The molecule has 2 aliphatic rings. The van der Waals surface area contributed by atoms with E-state index in [-0.39, 0.29) is 0 Å². The van der Waals surface area contributed by atoms with Gasteiger partial charge in [-0.05, 0) is 40.3 Å². The van der Waals surface area contributed by atoms with E-state index in [9.17, 15) is 0 Å². The Morgan fingerprint density at radius 3 is 2.68 bits per heavy atom. The molecule has 0 saturated carbocycles. The quantitative estimate of drug-likeness (QED) is 0.548. The lowest BCUT2D eigenvalue weighted by Gasteiger charge is -2.31. The molecule has 0 aromatic carbocycles. The predicted octanol–water partition coefficient (Wildman–Crippen LogP) is 0.356. The zero-order valence-electron chi connectivity index (χ0n) is 14.5. The molecule has 0 spiro atoms. The van der Waals surface area contributed by atoms with E-state index in [0.29, 0.717) is 12.1 Å². The van der Waals surface area contributed by atoms with Gasteiger partial charge in [-0.3, -0.25) is 9.89 Å². The van der Waals surface area contributed by atoms with Gasteiger partial charge in [-0.15, -0.1) is 0 Å². The highest BCUT2D eigenvalue weighted by molar-refractivity contribution is 5.79. The molecule has 2 rings (SSSR count). The maximum Gasteiger partial charge on any atom is 0.191 e. The molecular weight excluding hydrogens is 278 g/mol. The maximum atomic E-state index is 5.41. The van der Waals surface area contributed by atoms with Crippen molar-refractivity contribution in [2.75, 3.05) is 59.5 Å². The van der Waals surface area contributed by atoms with Crippen molar-refractivity contribution in [2.24, 2.45) is 4.99 Å². The molecule has 0 aromatic heterocycles. The Kier molecular flexibility index (Phi) is 7.42. The Morgan fingerprint density at radius 1 is 1.27 bits per heavy atom. The Balaban J connectivity index is 1.78. The first-order valence-corrected chi connectivity index (χ1v) is 8.75. The van der Waals surface area contributed by atoms with E-state index in [1.807, 2.05) is 0 Å². The second kappa shape index (κ2) is 9.33. The largest absolute Gasteiger partial charge is 0.379 e. The fourth-order valence-corrected chi connectivity index (χ4v) is 3.15. The summed E-state index contributed by atoms with van der Waals surface area (Å²) in [5, 5.41) is 6.86. The van der Waals surface area contributed by atoms with Crippen LogP contribution in [0.15, 0.2) is 4.99 Å². The molecule has 6 nitrogen and oxygen atoms in total. The molecule has 0 aliphatic carbocycles. The summed E-state index contributed by atoms with van der Waals surface area (Å²) in [5.41, 5.74) is 0. The van der Waals surface area contributed by atoms with Gasteiger partial charge in [0.2, 0.25) is 0 Å². The van der Waals surface area contributed by atoms with Crippen LogP contribution in [-0.4, -0.2) is 87.4 Å². The van der Waals surface area contributed by atoms with Crippen LogP contribution in [0.5, 0.6) is 0 Å². The van der Waals surface area contributed by atoms with Crippen LogP contribution in [0.4, 0.5) is 0 Å². The van der Waals surface area contributed by atoms with Crippen molar-refractivity contribution in [3.8, 4) is 0 Å². The standard InChI is InChI=1S/C16H33N5O/c1-4-17-16(19-13-15-6-5-7-20(15)3)18-12-14(2)21-8-10-22-11-9-21/h14-15H,4-13H2,1-3H3,(H2,17,18,19). The van der Waals surface area contributed by atoms with Crippen LogP contribution in [0.25, 0.3) is 0 Å². The van der Waals surface area contributed by atoms with Crippen molar-refractivity contribution in [3.63, 3.8) is 0 Å². The smallest absolute Gasteiger partial charge is 0.191 e. The van der Waals surface area contributed by atoms with Crippen LogP contribution in [-0.2, 0) is 4.74 Å². The number of nitrogens with zero attached hydrogens (tertiary/aromatic N) is 3. The molecule has 2 unspecified atom stereocenters. The number of likely N-dealkylation sites (N-methyl/N-ethyl adjacent to an activating group) is 1.